The molecule has 1 aliphatic heterocycles. The van der Waals surface area contributed by atoms with E-state index in [2.05, 4.69) is 40.7 Å². The average molecular weight is 571 g/mol. The number of allylic oxidation sites excluding steroid dienone is 2. The fourth-order valence-corrected chi connectivity index (χ4v) is 11.8. The molecule has 3 N–H and O–H groups in total. The normalized spacial score (nSPS) is 47.9. The van der Waals surface area contributed by atoms with Gasteiger partial charge in [-0.3, -0.25) is 14.4 Å². The highest BCUT2D eigenvalue weighted by molar-refractivity contribution is 6.02. The van der Waals surface area contributed by atoms with E-state index >= 15 is 0 Å². The second kappa shape index (κ2) is 9.72. The number of ether oxygens (including phenoxy) is 1. The molecule has 41 heavy (non-hydrogen) atoms. The number of Topliss-reactive ketones (excluding diaryl/α,β-unsaturated/α-hetero) is 2. The van der Waals surface area contributed by atoms with Crippen LogP contribution < -0.4 is 0 Å². The van der Waals surface area contributed by atoms with Crippen molar-refractivity contribution in [2.24, 2.45) is 57.2 Å². The van der Waals surface area contributed by atoms with Gasteiger partial charge in [0.1, 0.15) is 30.0 Å². The first kappa shape index (κ1) is 29.5. The van der Waals surface area contributed by atoms with Crippen molar-refractivity contribution in [1.29, 1.82) is 0 Å². The standard InChI is InChI=1S/C34H50O7/c1-18-7-6-13-34(29(38)25(30(39)40)27(37)28-21(17-35)41-28)16-10-20-19(26(18)34)8-9-23-32(20,4)14-11-22-31(2,3)24(36)12-15-33(22,23)5/h8,18,20-23,25-28,35,37H,6-7,9-17H2,1-5H3,(H,39,40)/t18?,20?,21?,22?,23?,25-,26?,27?,28?,32?,33?,34?/m0/s1. The van der Waals surface area contributed by atoms with Gasteiger partial charge in [0.15, 0.2) is 5.78 Å². The number of fused-ring (bicyclic) bond motifs is 7. The zero-order valence-corrected chi connectivity index (χ0v) is 25.5. The number of aliphatic carboxylic acids is 1. The fraction of sp³-hybridized carbons (Fsp3) is 0.853. The van der Waals surface area contributed by atoms with Crippen molar-refractivity contribution in [2.75, 3.05) is 6.61 Å². The molecule has 0 aromatic carbocycles. The summed E-state index contributed by atoms with van der Waals surface area (Å²) in [4.78, 5) is 40.0. The highest BCUT2D eigenvalue weighted by Crippen LogP contribution is 2.71. The van der Waals surface area contributed by atoms with Gasteiger partial charge < -0.3 is 20.1 Å². The van der Waals surface area contributed by atoms with Crippen molar-refractivity contribution in [1.82, 2.24) is 0 Å². The molecule has 12 atom stereocenters. The van der Waals surface area contributed by atoms with Gasteiger partial charge in [-0.2, -0.15) is 0 Å². The van der Waals surface area contributed by atoms with Crippen LogP contribution in [0.2, 0.25) is 0 Å². The number of carbonyl (C=O) groups excluding carboxylic acids is 2. The lowest BCUT2D eigenvalue weighted by atomic mass is 9.37. The molecule has 11 unspecified atom stereocenters. The summed E-state index contributed by atoms with van der Waals surface area (Å²) < 4.78 is 5.34. The third-order valence-corrected chi connectivity index (χ3v) is 13.8. The average Bonchev–Trinajstić information content (AvgIpc) is 3.70. The molecule has 1 heterocycles. The van der Waals surface area contributed by atoms with E-state index in [4.69, 9.17) is 4.74 Å². The second-order valence-corrected chi connectivity index (χ2v) is 15.8. The van der Waals surface area contributed by atoms with Crippen LogP contribution in [0.15, 0.2) is 11.6 Å². The van der Waals surface area contributed by atoms with Gasteiger partial charge >= 0.3 is 5.97 Å². The summed E-state index contributed by atoms with van der Waals surface area (Å²) in [6.45, 7) is 11.2. The number of carboxylic acid groups (broad SMARTS) is 1. The molecule has 5 aliphatic carbocycles. The lowest BCUT2D eigenvalue weighted by molar-refractivity contribution is -0.172. The quantitative estimate of drug-likeness (QED) is 0.234. The van der Waals surface area contributed by atoms with Crippen LogP contribution in [-0.4, -0.2) is 57.8 Å². The maximum Gasteiger partial charge on any atom is 0.316 e. The molecular formula is C34H50O7. The smallest absolute Gasteiger partial charge is 0.316 e. The number of hydrogen-bond donors (Lipinski definition) is 3. The molecular weight excluding hydrogens is 520 g/mol. The molecule has 1 saturated heterocycles. The fourth-order valence-electron chi connectivity index (χ4n) is 11.8. The summed E-state index contributed by atoms with van der Waals surface area (Å²) >= 11 is 0. The number of ketones is 2. The minimum Gasteiger partial charge on any atom is -0.481 e. The predicted octanol–water partition coefficient (Wildman–Crippen LogP) is 4.97. The van der Waals surface area contributed by atoms with E-state index in [0.717, 1.165) is 44.9 Å². The zero-order valence-electron chi connectivity index (χ0n) is 25.5. The van der Waals surface area contributed by atoms with Crippen LogP contribution in [0.25, 0.3) is 0 Å². The first-order valence-corrected chi connectivity index (χ1v) is 16.2. The maximum absolute atomic E-state index is 14.5. The van der Waals surface area contributed by atoms with Crippen LogP contribution in [0.3, 0.4) is 0 Å². The van der Waals surface area contributed by atoms with Gasteiger partial charge in [-0.15, -0.1) is 0 Å². The Morgan fingerprint density at radius 3 is 2.41 bits per heavy atom. The Morgan fingerprint density at radius 1 is 1.02 bits per heavy atom. The van der Waals surface area contributed by atoms with Gasteiger partial charge in [0.25, 0.3) is 0 Å². The van der Waals surface area contributed by atoms with Gasteiger partial charge in [-0.1, -0.05) is 59.1 Å². The number of epoxide rings is 1. The first-order chi connectivity index (χ1) is 19.2. The second-order valence-electron chi connectivity index (χ2n) is 15.8. The molecule has 0 bridgehead atoms. The van der Waals surface area contributed by atoms with E-state index in [9.17, 15) is 29.7 Å². The van der Waals surface area contributed by atoms with Crippen LogP contribution >= 0.6 is 0 Å². The van der Waals surface area contributed by atoms with Gasteiger partial charge in [-0.05, 0) is 85.4 Å². The molecule has 6 aliphatic rings. The van der Waals surface area contributed by atoms with Crippen molar-refractivity contribution in [3.63, 3.8) is 0 Å². The largest absolute Gasteiger partial charge is 0.481 e. The Labute approximate surface area is 244 Å². The van der Waals surface area contributed by atoms with Crippen molar-refractivity contribution in [3.8, 4) is 0 Å². The van der Waals surface area contributed by atoms with Crippen molar-refractivity contribution < 1.29 is 34.4 Å². The van der Waals surface area contributed by atoms with Crippen LogP contribution in [0.4, 0.5) is 0 Å². The van der Waals surface area contributed by atoms with Crippen molar-refractivity contribution >= 4 is 17.5 Å². The minimum absolute atomic E-state index is 0.0158. The topological polar surface area (TPSA) is 124 Å². The lowest BCUT2D eigenvalue weighted by Crippen LogP contribution is -2.62. The number of carboxylic acids is 1. The van der Waals surface area contributed by atoms with Crippen LogP contribution in [-0.2, 0) is 19.1 Å². The molecule has 7 heteroatoms. The number of aliphatic hydroxyl groups excluding tert-OH is 2. The Hall–Kier alpha value is -1.57. The molecule has 0 amide bonds. The monoisotopic (exact) mass is 570 g/mol. The Morgan fingerprint density at radius 2 is 1.76 bits per heavy atom. The van der Waals surface area contributed by atoms with Gasteiger partial charge in [0.05, 0.1) is 6.61 Å². The van der Waals surface area contributed by atoms with Gasteiger partial charge in [-0.25, -0.2) is 0 Å². The van der Waals surface area contributed by atoms with Crippen LogP contribution in [0, 0.1) is 57.2 Å². The van der Waals surface area contributed by atoms with Crippen molar-refractivity contribution in [3.05, 3.63) is 11.6 Å². The van der Waals surface area contributed by atoms with Crippen LogP contribution in [0.1, 0.15) is 98.8 Å². The highest BCUT2D eigenvalue weighted by atomic mass is 16.6. The maximum atomic E-state index is 14.5. The van der Waals surface area contributed by atoms with E-state index in [1.54, 1.807) is 0 Å². The molecule has 6 rings (SSSR count). The van der Waals surface area contributed by atoms with Crippen LogP contribution in [0.5, 0.6) is 0 Å². The van der Waals surface area contributed by atoms with E-state index in [0.29, 0.717) is 42.8 Å². The summed E-state index contributed by atoms with van der Waals surface area (Å²) in [7, 11) is 0. The number of aliphatic hydroxyl groups is 2. The van der Waals surface area contributed by atoms with E-state index in [1.807, 2.05) is 0 Å². The summed E-state index contributed by atoms with van der Waals surface area (Å²) in [6.07, 6.45) is 8.32. The zero-order chi connectivity index (χ0) is 29.7. The summed E-state index contributed by atoms with van der Waals surface area (Å²) in [5.41, 5.74) is 0.466. The molecule has 7 nitrogen and oxygen atoms in total. The molecule has 0 spiro atoms. The number of carbonyl (C=O) groups is 3. The predicted molar refractivity (Wildman–Crippen MR) is 153 cm³/mol. The molecule has 228 valence electrons. The SMILES string of the molecule is CC1CCCC2(C(=O)[C@@H](C(=O)O)C(O)C3OC3CO)CCC3C(=CCC4C3(C)CCC3C(C)(C)C(=O)CCC34C)C12. The summed E-state index contributed by atoms with van der Waals surface area (Å²) in [5, 5.41) is 30.7. The Bertz CT molecular complexity index is 1160. The molecule has 5 fully saturated rings. The Balaban J connectivity index is 1.36. The number of rotatable bonds is 6. The summed E-state index contributed by atoms with van der Waals surface area (Å²) in [6, 6.07) is 0. The van der Waals surface area contributed by atoms with Gasteiger partial charge in [0, 0.05) is 17.3 Å². The molecule has 0 aromatic heterocycles. The molecule has 0 radical (unpaired) electrons. The van der Waals surface area contributed by atoms with Crippen molar-refractivity contribution in [2.45, 2.75) is 117 Å². The Kier molecular flexibility index (Phi) is 6.99. The third kappa shape index (κ3) is 4.03. The number of hydrogen-bond acceptors (Lipinski definition) is 6. The third-order valence-electron chi connectivity index (χ3n) is 13.8. The van der Waals surface area contributed by atoms with E-state index < -0.39 is 35.6 Å². The minimum atomic E-state index is -1.55. The van der Waals surface area contributed by atoms with Gasteiger partial charge in [0.2, 0.25) is 0 Å². The summed E-state index contributed by atoms with van der Waals surface area (Å²) in [5.74, 6) is -1.32. The molecule has 4 saturated carbocycles. The van der Waals surface area contributed by atoms with E-state index in [1.165, 1.54) is 5.57 Å². The van der Waals surface area contributed by atoms with E-state index in [-0.39, 0.29) is 40.5 Å². The molecule has 0 aromatic rings. The first-order valence-electron chi connectivity index (χ1n) is 16.2. The lowest BCUT2D eigenvalue weighted by Gasteiger charge is -2.67. The highest BCUT2D eigenvalue weighted by Gasteiger charge is 2.66.